The van der Waals surface area contributed by atoms with Crippen LogP contribution in [0, 0.1) is 0 Å². The highest BCUT2D eigenvalue weighted by molar-refractivity contribution is 9.10. The van der Waals surface area contributed by atoms with Gasteiger partial charge in [0.1, 0.15) is 0 Å². The number of hydrogen-bond acceptors (Lipinski definition) is 1. The minimum atomic E-state index is -0.510. The zero-order valence-electron chi connectivity index (χ0n) is 10.7. The van der Waals surface area contributed by atoms with Crippen molar-refractivity contribution >= 4 is 21.8 Å². The molecule has 0 aliphatic heterocycles. The van der Waals surface area contributed by atoms with Crippen LogP contribution in [0.5, 0.6) is 0 Å². The molecule has 0 saturated carbocycles. The van der Waals surface area contributed by atoms with Gasteiger partial charge in [0.2, 0.25) is 0 Å². The smallest absolute Gasteiger partial charge is 0.253 e. The molecular formula is C9H10BrNO. The Morgan fingerprint density at radius 1 is 1.58 bits per heavy atom. The summed E-state index contributed by atoms with van der Waals surface area (Å²) in [6, 6.07) is -1.19. The van der Waals surface area contributed by atoms with Crippen molar-refractivity contribution in [2.45, 2.75) is 0 Å². The highest BCUT2D eigenvalue weighted by Crippen LogP contribution is 2.12. The van der Waals surface area contributed by atoms with Gasteiger partial charge in [-0.2, -0.15) is 0 Å². The van der Waals surface area contributed by atoms with E-state index in [9.17, 15) is 4.79 Å². The van der Waals surface area contributed by atoms with E-state index in [1.165, 1.54) is 19.0 Å². The van der Waals surface area contributed by atoms with E-state index in [4.69, 9.17) is 5.48 Å². The van der Waals surface area contributed by atoms with Crippen molar-refractivity contribution in [1.82, 2.24) is 4.90 Å². The second kappa shape index (κ2) is 3.72. The number of rotatable bonds is 1. The lowest BCUT2D eigenvalue weighted by Crippen LogP contribution is -2.21. The van der Waals surface area contributed by atoms with E-state index < -0.39 is 5.91 Å². The van der Waals surface area contributed by atoms with Gasteiger partial charge in [0, 0.05) is 24.1 Å². The molecule has 0 aromatic heterocycles. The molecule has 0 atom stereocenters. The summed E-state index contributed by atoms with van der Waals surface area (Å²) in [7, 11) is 3.01. The molecule has 0 bridgehead atoms. The maximum absolute atomic E-state index is 11.7. The largest absolute Gasteiger partial charge is 0.345 e. The Balaban J connectivity index is 3.58. The van der Waals surface area contributed by atoms with Crippen molar-refractivity contribution in [2.75, 3.05) is 14.1 Å². The molecular weight excluding hydrogens is 218 g/mol. The topological polar surface area (TPSA) is 20.3 Å². The molecule has 0 fully saturated rings. The predicted octanol–water partition coefficient (Wildman–Crippen LogP) is 2.15. The maximum Gasteiger partial charge on any atom is 0.253 e. The normalized spacial score (nSPS) is 14.2. The number of carbonyl (C=O) groups excluding carboxylic acids is 1. The number of amides is 1. The standard InChI is InChI=1S/C9H10BrNO/c1-11(2)9(12)7-4-3-5-8(10)6-7/h3-6H,1-2H3/i3D,4D,5D,6D. The first-order valence-corrected chi connectivity index (χ1v) is 4.05. The van der Waals surface area contributed by atoms with Crippen molar-refractivity contribution in [1.29, 1.82) is 0 Å². The van der Waals surface area contributed by atoms with Crippen molar-refractivity contribution in [2.24, 2.45) is 0 Å². The highest BCUT2D eigenvalue weighted by Gasteiger charge is 2.06. The van der Waals surface area contributed by atoms with Gasteiger partial charge in [-0.25, -0.2) is 0 Å². The Bertz CT molecular complexity index is 432. The fourth-order valence-corrected chi connectivity index (χ4v) is 0.949. The Morgan fingerprint density at radius 3 is 2.83 bits per heavy atom. The number of carbonyl (C=O) groups is 1. The van der Waals surface area contributed by atoms with Crippen molar-refractivity contribution in [3.8, 4) is 0 Å². The first kappa shape index (κ1) is 5.02. The Hall–Kier alpha value is -0.830. The lowest BCUT2D eigenvalue weighted by molar-refractivity contribution is 0.0827. The summed E-state index contributed by atoms with van der Waals surface area (Å²) < 4.78 is 30.3. The van der Waals surface area contributed by atoms with Crippen LogP contribution >= 0.6 is 15.9 Å². The number of nitrogens with zero attached hydrogens (tertiary/aromatic N) is 1. The van der Waals surface area contributed by atoms with Crippen LogP contribution in [0.4, 0.5) is 0 Å². The molecule has 0 unspecified atom stereocenters. The van der Waals surface area contributed by atoms with E-state index in [1.807, 2.05) is 0 Å². The van der Waals surface area contributed by atoms with E-state index in [2.05, 4.69) is 15.9 Å². The SMILES string of the molecule is [2H]c1c([2H])c(Br)c([2H])c(C(=O)N(C)C)c1[2H]. The van der Waals surface area contributed by atoms with Gasteiger partial charge in [-0.3, -0.25) is 4.79 Å². The Kier molecular flexibility index (Phi) is 1.55. The Morgan fingerprint density at radius 2 is 2.25 bits per heavy atom. The third-order valence-electron chi connectivity index (χ3n) is 1.21. The van der Waals surface area contributed by atoms with Gasteiger partial charge in [-0.05, 0) is 18.1 Å². The first-order valence-electron chi connectivity index (χ1n) is 5.26. The van der Waals surface area contributed by atoms with E-state index in [1.54, 1.807) is 0 Å². The lowest BCUT2D eigenvalue weighted by atomic mass is 10.2. The highest BCUT2D eigenvalue weighted by atomic mass is 79.9. The summed E-state index contributed by atoms with van der Waals surface area (Å²) in [5, 5.41) is 0. The average Bonchev–Trinajstić information content (AvgIpc) is 2.23. The third kappa shape index (κ3) is 2.08. The van der Waals surface area contributed by atoms with Crippen LogP contribution in [0.3, 0.4) is 0 Å². The second-order valence-corrected chi connectivity index (χ2v) is 3.18. The van der Waals surface area contributed by atoms with E-state index >= 15 is 0 Å². The van der Waals surface area contributed by atoms with Gasteiger partial charge in [0.15, 0.2) is 0 Å². The zero-order chi connectivity index (χ0) is 12.6. The van der Waals surface area contributed by atoms with Crippen LogP contribution in [-0.4, -0.2) is 24.9 Å². The number of halogens is 1. The summed E-state index contributed by atoms with van der Waals surface area (Å²) in [6.07, 6.45) is 0. The predicted molar refractivity (Wildman–Crippen MR) is 52.2 cm³/mol. The van der Waals surface area contributed by atoms with Crippen LogP contribution in [0.2, 0.25) is 0 Å². The summed E-state index contributed by atoms with van der Waals surface area (Å²) in [5.74, 6) is -0.510. The van der Waals surface area contributed by atoms with Crippen LogP contribution in [0.25, 0.3) is 0 Å². The average molecular weight is 232 g/mol. The maximum atomic E-state index is 11.7. The van der Waals surface area contributed by atoms with Gasteiger partial charge in [-0.15, -0.1) is 0 Å². The van der Waals surface area contributed by atoms with Gasteiger partial charge in [0.05, 0.1) is 5.48 Å². The summed E-state index contributed by atoms with van der Waals surface area (Å²) in [4.78, 5) is 13.0. The minimum absolute atomic E-state index is 0.0682. The molecule has 1 amide bonds. The van der Waals surface area contributed by atoms with Crippen molar-refractivity contribution < 1.29 is 10.3 Å². The van der Waals surface area contributed by atoms with Crippen LogP contribution in [-0.2, 0) is 0 Å². The molecule has 0 saturated heterocycles. The van der Waals surface area contributed by atoms with Gasteiger partial charge in [0.25, 0.3) is 5.91 Å². The van der Waals surface area contributed by atoms with E-state index in [0.29, 0.717) is 0 Å². The van der Waals surface area contributed by atoms with Crippen LogP contribution < -0.4 is 0 Å². The van der Waals surface area contributed by atoms with Gasteiger partial charge >= 0.3 is 0 Å². The fraction of sp³-hybridized carbons (Fsp3) is 0.222. The first-order chi connectivity index (χ1) is 7.29. The molecule has 3 heteroatoms. The molecule has 1 rings (SSSR count). The fourth-order valence-electron chi connectivity index (χ4n) is 0.651. The van der Waals surface area contributed by atoms with Crippen molar-refractivity contribution in [3.63, 3.8) is 0 Å². The lowest BCUT2D eigenvalue weighted by Gasteiger charge is -2.09. The molecule has 0 spiro atoms. The Labute approximate surface area is 85.9 Å². The van der Waals surface area contributed by atoms with Crippen LogP contribution in [0.1, 0.15) is 15.8 Å². The molecule has 0 aliphatic carbocycles. The molecule has 0 heterocycles. The molecule has 0 N–H and O–H groups in total. The zero-order valence-corrected chi connectivity index (χ0v) is 8.32. The van der Waals surface area contributed by atoms with Crippen molar-refractivity contribution in [3.05, 3.63) is 34.2 Å². The molecule has 12 heavy (non-hydrogen) atoms. The molecule has 2 nitrogen and oxygen atoms in total. The third-order valence-corrected chi connectivity index (χ3v) is 1.61. The summed E-state index contributed by atoms with van der Waals surface area (Å²) >= 11 is 2.98. The second-order valence-electron chi connectivity index (χ2n) is 2.39. The minimum Gasteiger partial charge on any atom is -0.345 e. The van der Waals surface area contributed by atoms with E-state index in [-0.39, 0.29) is 34.2 Å². The molecule has 1 aromatic rings. The number of benzene rings is 1. The quantitative estimate of drug-likeness (QED) is 0.726. The monoisotopic (exact) mass is 231 g/mol. The van der Waals surface area contributed by atoms with Gasteiger partial charge in [-0.1, -0.05) is 22.0 Å². The molecule has 0 aliphatic rings. The van der Waals surface area contributed by atoms with Crippen LogP contribution in [0.15, 0.2) is 28.6 Å². The summed E-state index contributed by atoms with van der Waals surface area (Å²) in [6.45, 7) is 0. The number of hydrogen-bond donors (Lipinski definition) is 0. The molecule has 0 radical (unpaired) electrons. The summed E-state index contributed by atoms with van der Waals surface area (Å²) in [5.41, 5.74) is -0.155. The molecule has 1 aromatic carbocycles. The van der Waals surface area contributed by atoms with E-state index in [0.717, 1.165) is 0 Å². The van der Waals surface area contributed by atoms with Gasteiger partial charge < -0.3 is 4.90 Å². The molecule has 64 valence electrons.